The van der Waals surface area contributed by atoms with E-state index in [9.17, 15) is 10.0 Å². The lowest BCUT2D eigenvalue weighted by atomic mass is 9.80. The van der Waals surface area contributed by atoms with E-state index >= 15 is 0 Å². The molecule has 0 spiro atoms. The van der Waals surface area contributed by atoms with Gasteiger partial charge in [0.15, 0.2) is 0 Å². The summed E-state index contributed by atoms with van der Waals surface area (Å²) in [6.45, 7) is 0. The second kappa shape index (κ2) is 6.33. The van der Waals surface area contributed by atoms with Gasteiger partial charge in [0, 0.05) is 21.8 Å². The van der Waals surface area contributed by atoms with Crippen molar-refractivity contribution >= 4 is 66.7 Å². The maximum atomic E-state index is 9.55. The lowest BCUT2D eigenvalue weighted by Gasteiger charge is -2.15. The molecule has 2 N–H and O–H groups in total. The molecule has 3 nitrogen and oxygen atoms in total. The zero-order valence-electron chi connectivity index (χ0n) is 17.2. The SMILES string of the molecule is OB(O)c1ccc(-n2c3ccccc3c3c4cccc5ccc6cccc(c6c54)c32)cc1. The maximum absolute atomic E-state index is 9.55. The molecule has 0 unspecified atom stereocenters. The standard InChI is InChI=1S/C28H18BNO2/c31-29(32)19-13-15-20(16-14-19)30-24-10-2-1-7-21(24)27-22-8-3-5-17-11-12-18-6-4-9-23(28(27)30)26(18)25(17)22/h1-16,31-32H. The summed E-state index contributed by atoms with van der Waals surface area (Å²) < 4.78 is 2.31. The van der Waals surface area contributed by atoms with Crippen molar-refractivity contribution in [1.82, 2.24) is 4.57 Å². The smallest absolute Gasteiger partial charge is 0.423 e. The Bertz CT molecular complexity index is 1800. The van der Waals surface area contributed by atoms with Gasteiger partial charge in [-0.05, 0) is 50.6 Å². The van der Waals surface area contributed by atoms with Crippen LogP contribution in [0, 0.1) is 0 Å². The number of aromatic nitrogens is 1. The first-order chi connectivity index (χ1) is 15.7. The average molecular weight is 411 g/mol. The molecule has 0 aliphatic heterocycles. The molecule has 0 saturated carbocycles. The van der Waals surface area contributed by atoms with Crippen LogP contribution in [0.15, 0.2) is 97.1 Å². The molecule has 7 rings (SSSR count). The van der Waals surface area contributed by atoms with Crippen LogP contribution in [-0.4, -0.2) is 21.7 Å². The minimum absolute atomic E-state index is 0.483. The third kappa shape index (κ3) is 2.23. The van der Waals surface area contributed by atoms with Crippen molar-refractivity contribution in [2.75, 3.05) is 0 Å². The molecular weight excluding hydrogens is 393 g/mol. The highest BCUT2D eigenvalue weighted by Crippen LogP contribution is 2.45. The zero-order valence-corrected chi connectivity index (χ0v) is 17.2. The fraction of sp³-hybridized carbons (Fsp3) is 0. The molecule has 0 saturated heterocycles. The Hall–Kier alpha value is -3.86. The number of hydrogen-bond donors (Lipinski definition) is 2. The van der Waals surface area contributed by atoms with Gasteiger partial charge in [-0.25, -0.2) is 0 Å². The first-order valence-corrected chi connectivity index (χ1v) is 10.8. The minimum atomic E-state index is -1.47. The molecular formula is C28H18BNO2. The normalized spacial score (nSPS) is 12.1. The number of fused-ring (bicyclic) bond motifs is 5. The Labute approximate surface area is 184 Å². The van der Waals surface area contributed by atoms with Gasteiger partial charge in [-0.15, -0.1) is 0 Å². The van der Waals surface area contributed by atoms with E-state index in [1.54, 1.807) is 12.1 Å². The minimum Gasteiger partial charge on any atom is -0.423 e. The van der Waals surface area contributed by atoms with Gasteiger partial charge in [0.1, 0.15) is 0 Å². The van der Waals surface area contributed by atoms with E-state index < -0.39 is 7.12 Å². The fourth-order valence-corrected chi connectivity index (χ4v) is 5.39. The van der Waals surface area contributed by atoms with E-state index in [1.807, 2.05) is 12.1 Å². The summed E-state index contributed by atoms with van der Waals surface area (Å²) in [5.74, 6) is 0. The molecule has 0 fully saturated rings. The molecule has 0 atom stereocenters. The number of hydrogen-bond acceptors (Lipinski definition) is 2. The quantitative estimate of drug-likeness (QED) is 0.297. The van der Waals surface area contributed by atoms with Crippen LogP contribution in [0.5, 0.6) is 0 Å². The number of benzene rings is 6. The van der Waals surface area contributed by atoms with Crippen molar-refractivity contribution in [3.05, 3.63) is 97.1 Å². The van der Waals surface area contributed by atoms with E-state index in [2.05, 4.69) is 77.4 Å². The van der Waals surface area contributed by atoms with Gasteiger partial charge in [0.2, 0.25) is 0 Å². The molecule has 32 heavy (non-hydrogen) atoms. The Balaban J connectivity index is 1.78. The van der Waals surface area contributed by atoms with Crippen molar-refractivity contribution in [3.63, 3.8) is 0 Å². The van der Waals surface area contributed by atoms with Gasteiger partial charge in [0.25, 0.3) is 0 Å². The summed E-state index contributed by atoms with van der Waals surface area (Å²) in [6, 6.07) is 33.5. The number of para-hydroxylation sites is 1. The van der Waals surface area contributed by atoms with E-state index in [1.165, 1.54) is 48.6 Å². The van der Waals surface area contributed by atoms with Crippen molar-refractivity contribution in [2.45, 2.75) is 0 Å². The van der Waals surface area contributed by atoms with Crippen LogP contribution in [-0.2, 0) is 0 Å². The number of rotatable bonds is 2. The van der Waals surface area contributed by atoms with Gasteiger partial charge in [-0.3, -0.25) is 0 Å². The van der Waals surface area contributed by atoms with E-state index in [0.29, 0.717) is 5.46 Å². The van der Waals surface area contributed by atoms with Crippen molar-refractivity contribution in [2.24, 2.45) is 0 Å². The van der Waals surface area contributed by atoms with E-state index in [4.69, 9.17) is 0 Å². The van der Waals surface area contributed by atoms with Crippen LogP contribution in [0.25, 0.3) is 59.8 Å². The molecule has 0 aliphatic carbocycles. The molecule has 0 radical (unpaired) electrons. The third-order valence-electron chi connectivity index (χ3n) is 6.73. The first-order valence-electron chi connectivity index (χ1n) is 10.8. The zero-order chi connectivity index (χ0) is 21.4. The molecule has 6 aromatic carbocycles. The summed E-state index contributed by atoms with van der Waals surface area (Å²) in [6.07, 6.45) is 0. The highest BCUT2D eigenvalue weighted by atomic mass is 16.4. The second-order valence-electron chi connectivity index (χ2n) is 8.41. The Morgan fingerprint density at radius 2 is 1.16 bits per heavy atom. The van der Waals surface area contributed by atoms with E-state index in [0.717, 1.165) is 11.2 Å². The second-order valence-corrected chi connectivity index (χ2v) is 8.41. The first kappa shape index (κ1) is 17.8. The van der Waals surface area contributed by atoms with Crippen molar-refractivity contribution in [3.8, 4) is 5.69 Å². The maximum Gasteiger partial charge on any atom is 0.488 e. The summed E-state index contributed by atoms with van der Waals surface area (Å²) in [7, 11) is -1.47. The van der Waals surface area contributed by atoms with Crippen LogP contribution >= 0.6 is 0 Å². The molecule has 0 aliphatic rings. The Morgan fingerprint density at radius 1 is 0.531 bits per heavy atom. The average Bonchev–Trinajstić information content (AvgIpc) is 3.19. The summed E-state index contributed by atoms with van der Waals surface area (Å²) in [5, 5.41) is 29.2. The predicted molar refractivity (Wildman–Crippen MR) is 134 cm³/mol. The van der Waals surface area contributed by atoms with E-state index in [-0.39, 0.29) is 0 Å². The molecule has 0 amide bonds. The van der Waals surface area contributed by atoms with Crippen molar-refractivity contribution < 1.29 is 10.0 Å². The molecule has 7 aromatic rings. The molecule has 4 heteroatoms. The third-order valence-corrected chi connectivity index (χ3v) is 6.73. The molecule has 150 valence electrons. The molecule has 1 heterocycles. The summed E-state index contributed by atoms with van der Waals surface area (Å²) in [5.41, 5.74) is 3.80. The monoisotopic (exact) mass is 411 g/mol. The van der Waals surface area contributed by atoms with Crippen molar-refractivity contribution in [1.29, 1.82) is 0 Å². The Kier molecular flexibility index (Phi) is 3.52. The molecule has 1 aromatic heterocycles. The summed E-state index contributed by atoms with van der Waals surface area (Å²) in [4.78, 5) is 0. The van der Waals surface area contributed by atoms with Gasteiger partial charge < -0.3 is 14.6 Å². The van der Waals surface area contributed by atoms with Crippen LogP contribution in [0.2, 0.25) is 0 Å². The Morgan fingerprint density at radius 3 is 1.88 bits per heavy atom. The highest BCUT2D eigenvalue weighted by molar-refractivity contribution is 6.58. The van der Waals surface area contributed by atoms with Crippen LogP contribution in [0.3, 0.4) is 0 Å². The van der Waals surface area contributed by atoms with Crippen LogP contribution in [0.1, 0.15) is 0 Å². The highest BCUT2D eigenvalue weighted by Gasteiger charge is 2.20. The van der Waals surface area contributed by atoms with Crippen LogP contribution in [0.4, 0.5) is 0 Å². The van der Waals surface area contributed by atoms with Gasteiger partial charge >= 0.3 is 7.12 Å². The lowest BCUT2D eigenvalue weighted by molar-refractivity contribution is 0.426. The van der Waals surface area contributed by atoms with Gasteiger partial charge in [-0.1, -0.05) is 78.9 Å². The lowest BCUT2D eigenvalue weighted by Crippen LogP contribution is -2.29. The van der Waals surface area contributed by atoms with Crippen LogP contribution < -0.4 is 5.46 Å². The van der Waals surface area contributed by atoms with Gasteiger partial charge in [-0.2, -0.15) is 0 Å². The molecule has 0 bridgehead atoms. The largest absolute Gasteiger partial charge is 0.488 e. The predicted octanol–water partition coefficient (Wildman–Crippen LogP) is 5.36. The number of nitrogens with zero attached hydrogens (tertiary/aromatic N) is 1. The van der Waals surface area contributed by atoms with Gasteiger partial charge in [0.05, 0.1) is 11.0 Å². The fourth-order valence-electron chi connectivity index (χ4n) is 5.39. The summed E-state index contributed by atoms with van der Waals surface area (Å²) >= 11 is 0. The topological polar surface area (TPSA) is 45.4 Å².